The summed E-state index contributed by atoms with van der Waals surface area (Å²) < 4.78 is 46.4. The van der Waals surface area contributed by atoms with E-state index in [0.29, 0.717) is 23.2 Å². The third-order valence-corrected chi connectivity index (χ3v) is 8.99. The number of urea groups is 1. The van der Waals surface area contributed by atoms with Crippen molar-refractivity contribution < 1.29 is 27.8 Å². The normalized spacial score (nSPS) is 12.4. The lowest BCUT2D eigenvalue weighted by Gasteiger charge is -2.21. The Bertz CT molecular complexity index is 2140. The minimum absolute atomic E-state index is 0.0915. The lowest BCUT2D eigenvalue weighted by molar-refractivity contribution is -0.137. The summed E-state index contributed by atoms with van der Waals surface area (Å²) in [6.07, 6.45) is -3.66. The smallest absolute Gasteiger partial charge is 0.416 e. The lowest BCUT2D eigenvalue weighted by Crippen LogP contribution is -2.30. The van der Waals surface area contributed by atoms with Crippen molar-refractivity contribution in [3.63, 3.8) is 0 Å². The van der Waals surface area contributed by atoms with E-state index in [1.165, 1.54) is 23.0 Å². The van der Waals surface area contributed by atoms with Crippen molar-refractivity contribution in [1.82, 2.24) is 19.9 Å². The van der Waals surface area contributed by atoms with Crippen molar-refractivity contribution in [2.75, 3.05) is 19.0 Å². The highest BCUT2D eigenvalue weighted by Gasteiger charge is 2.32. The summed E-state index contributed by atoms with van der Waals surface area (Å²) >= 11 is 1.27. The van der Waals surface area contributed by atoms with Gasteiger partial charge in [-0.25, -0.2) is 9.78 Å². The molecule has 6 rings (SSSR count). The number of fused-ring (bicyclic) bond motifs is 2. The van der Waals surface area contributed by atoms with Gasteiger partial charge in [-0.3, -0.25) is 4.79 Å². The molecule has 2 amide bonds. The second kappa shape index (κ2) is 12.8. The number of hydrogen-bond donors (Lipinski definition) is 4. The molecule has 0 aliphatic carbocycles. The molecule has 0 saturated heterocycles. The minimum atomic E-state index is -4.58. The van der Waals surface area contributed by atoms with Crippen molar-refractivity contribution in [3.05, 3.63) is 117 Å². The predicted octanol–water partition coefficient (Wildman–Crippen LogP) is 7.14. The van der Waals surface area contributed by atoms with Gasteiger partial charge in [0.15, 0.2) is 5.75 Å². The summed E-state index contributed by atoms with van der Waals surface area (Å²) in [7, 11) is 2.96. The zero-order valence-electron chi connectivity index (χ0n) is 25.3. The average molecular weight is 662 g/mol. The van der Waals surface area contributed by atoms with Gasteiger partial charge in [0.05, 0.1) is 35.4 Å². The van der Waals surface area contributed by atoms with Crippen LogP contribution in [0.25, 0.3) is 21.3 Å². The third-order valence-electron chi connectivity index (χ3n) is 8.09. The van der Waals surface area contributed by atoms with E-state index in [4.69, 9.17) is 4.74 Å². The number of hydrogen-bond acceptors (Lipinski definition) is 6. The molecule has 3 heterocycles. The molecule has 9 nitrogen and oxygen atoms in total. The van der Waals surface area contributed by atoms with Crippen LogP contribution in [-0.2, 0) is 19.6 Å². The van der Waals surface area contributed by atoms with E-state index in [0.717, 1.165) is 45.9 Å². The zero-order valence-corrected chi connectivity index (χ0v) is 26.1. The number of pyridine rings is 1. The molecule has 0 spiro atoms. The Morgan fingerprint density at radius 1 is 1.11 bits per heavy atom. The van der Waals surface area contributed by atoms with E-state index < -0.39 is 23.7 Å². The Balaban J connectivity index is 1.31. The fraction of sp³-hybridized carbons (Fsp3) is 0.206. The molecule has 13 heteroatoms. The standard InChI is InChI=1S/C34H30F3N5O4S/c1-42-31(44)27(30(43)29-32(42)47-18-39-29)26(19-9-4-3-5-10-19)28-22(21-11-6-7-13-23(21)40-28)12-8-16-38-33(45)41-24-17-20(34(35,36)37)14-15-25(24)46-2/h3-7,9-11,13-15,17-18,26,40,43H,8,12,16H2,1-2H3,(H2,38,41,45). The highest BCUT2D eigenvalue weighted by molar-refractivity contribution is 7.16. The number of nitrogens with one attached hydrogen (secondary N) is 3. The number of benzene rings is 3. The van der Waals surface area contributed by atoms with Crippen molar-refractivity contribution >= 4 is 44.3 Å². The van der Waals surface area contributed by atoms with E-state index in [-0.39, 0.29) is 34.9 Å². The molecule has 3 aromatic carbocycles. The molecule has 242 valence electrons. The van der Waals surface area contributed by atoms with Crippen LogP contribution in [0.4, 0.5) is 23.7 Å². The fourth-order valence-electron chi connectivity index (χ4n) is 5.88. The molecule has 0 saturated carbocycles. The van der Waals surface area contributed by atoms with Gasteiger partial charge in [-0.05, 0) is 48.2 Å². The van der Waals surface area contributed by atoms with Crippen LogP contribution in [0.1, 0.15) is 40.3 Å². The van der Waals surface area contributed by atoms with Crippen molar-refractivity contribution in [3.8, 4) is 11.5 Å². The summed E-state index contributed by atoms with van der Waals surface area (Å²) in [5, 5.41) is 17.6. The number of H-pyrrole nitrogens is 1. The van der Waals surface area contributed by atoms with E-state index in [9.17, 15) is 27.9 Å². The predicted molar refractivity (Wildman–Crippen MR) is 176 cm³/mol. The number of methoxy groups -OCH3 is 1. The summed E-state index contributed by atoms with van der Waals surface area (Å²) in [5.74, 6) is -0.757. The summed E-state index contributed by atoms with van der Waals surface area (Å²) in [5.41, 5.74) is 4.00. The monoisotopic (exact) mass is 661 g/mol. The summed E-state index contributed by atoms with van der Waals surface area (Å²) in [6, 6.07) is 19.3. The van der Waals surface area contributed by atoms with Gasteiger partial charge < -0.3 is 30.0 Å². The highest BCUT2D eigenvalue weighted by atomic mass is 32.1. The molecule has 0 aliphatic heterocycles. The van der Waals surface area contributed by atoms with Gasteiger partial charge in [0.1, 0.15) is 16.1 Å². The SMILES string of the molecule is COc1ccc(C(F)(F)F)cc1NC(=O)NCCCc1c(C(c2ccccc2)c2c(O)c3ncsc3n(C)c2=O)[nH]c2ccccc12. The van der Waals surface area contributed by atoms with Gasteiger partial charge in [-0.1, -0.05) is 48.5 Å². The number of thiazole rings is 1. The fourth-order valence-corrected chi connectivity index (χ4v) is 6.64. The van der Waals surface area contributed by atoms with Crippen LogP contribution in [0.2, 0.25) is 0 Å². The first-order chi connectivity index (χ1) is 22.6. The van der Waals surface area contributed by atoms with Crippen LogP contribution in [0, 0.1) is 0 Å². The maximum Gasteiger partial charge on any atom is 0.416 e. The average Bonchev–Trinajstić information content (AvgIpc) is 3.70. The molecule has 0 radical (unpaired) electrons. The third kappa shape index (κ3) is 6.13. The van der Waals surface area contributed by atoms with Gasteiger partial charge in [-0.2, -0.15) is 13.2 Å². The number of ether oxygens (including phenoxy) is 1. The number of nitrogens with zero attached hydrogens (tertiary/aromatic N) is 2. The van der Waals surface area contributed by atoms with Gasteiger partial charge in [0, 0.05) is 30.2 Å². The molecule has 6 aromatic rings. The number of carbonyl (C=O) groups is 1. The van der Waals surface area contributed by atoms with E-state index in [1.807, 2.05) is 54.6 Å². The number of alkyl halides is 3. The van der Waals surface area contributed by atoms with Crippen LogP contribution in [0.15, 0.2) is 83.1 Å². The van der Waals surface area contributed by atoms with Crippen molar-refractivity contribution in [1.29, 1.82) is 0 Å². The molecule has 1 atom stereocenters. The van der Waals surface area contributed by atoms with Crippen LogP contribution in [0.5, 0.6) is 11.5 Å². The quantitative estimate of drug-likeness (QED) is 0.123. The number of aryl methyl sites for hydroxylation is 2. The van der Waals surface area contributed by atoms with Gasteiger partial charge in [-0.15, -0.1) is 11.3 Å². The van der Waals surface area contributed by atoms with Gasteiger partial charge in [0.2, 0.25) is 0 Å². The molecule has 3 aromatic heterocycles. The van der Waals surface area contributed by atoms with Crippen molar-refractivity contribution in [2.45, 2.75) is 24.9 Å². The number of rotatable bonds is 9. The lowest BCUT2D eigenvalue weighted by atomic mass is 9.85. The number of para-hydroxylation sites is 1. The molecule has 0 fully saturated rings. The van der Waals surface area contributed by atoms with Crippen LogP contribution in [0.3, 0.4) is 0 Å². The Hall–Kier alpha value is -5.30. The van der Waals surface area contributed by atoms with Crippen LogP contribution < -0.4 is 20.9 Å². The number of aromatic hydroxyl groups is 1. The Morgan fingerprint density at radius 3 is 2.60 bits per heavy atom. The molecular weight excluding hydrogens is 631 g/mol. The largest absolute Gasteiger partial charge is 0.505 e. The second-order valence-corrected chi connectivity index (χ2v) is 11.8. The number of aromatic amines is 1. The second-order valence-electron chi connectivity index (χ2n) is 10.9. The minimum Gasteiger partial charge on any atom is -0.505 e. The maximum absolute atomic E-state index is 13.9. The van der Waals surface area contributed by atoms with Gasteiger partial charge >= 0.3 is 12.2 Å². The van der Waals surface area contributed by atoms with Crippen LogP contribution in [-0.4, -0.2) is 39.3 Å². The maximum atomic E-state index is 13.9. The summed E-state index contributed by atoms with van der Waals surface area (Å²) in [6.45, 7) is 0.194. The Labute approximate surface area is 270 Å². The van der Waals surface area contributed by atoms with E-state index >= 15 is 0 Å². The number of aromatic nitrogens is 3. The Kier molecular flexibility index (Phi) is 8.65. The number of anilines is 1. The van der Waals surface area contributed by atoms with E-state index in [1.54, 1.807) is 12.6 Å². The first-order valence-corrected chi connectivity index (χ1v) is 15.6. The van der Waals surface area contributed by atoms with Crippen LogP contribution >= 0.6 is 11.3 Å². The molecule has 47 heavy (non-hydrogen) atoms. The van der Waals surface area contributed by atoms with Crippen molar-refractivity contribution in [2.24, 2.45) is 7.05 Å². The molecule has 0 aliphatic rings. The number of amides is 2. The first-order valence-electron chi connectivity index (χ1n) is 14.7. The first kappa shape index (κ1) is 31.7. The molecule has 1 unspecified atom stereocenters. The summed E-state index contributed by atoms with van der Waals surface area (Å²) in [4.78, 5) is 35.0. The molecular formula is C34H30F3N5O4S. The molecule has 4 N–H and O–H groups in total. The highest BCUT2D eigenvalue weighted by Crippen LogP contribution is 2.41. The van der Waals surface area contributed by atoms with E-state index in [2.05, 4.69) is 20.6 Å². The number of carbonyl (C=O) groups excluding carboxylic acids is 1. The Morgan fingerprint density at radius 2 is 1.85 bits per heavy atom. The zero-order chi connectivity index (χ0) is 33.3. The topological polar surface area (TPSA) is 121 Å². The molecule has 0 bridgehead atoms. The van der Waals surface area contributed by atoms with Gasteiger partial charge in [0.25, 0.3) is 5.56 Å². The number of halogens is 3.